The summed E-state index contributed by atoms with van der Waals surface area (Å²) in [5.74, 6) is -1.48. The van der Waals surface area contributed by atoms with E-state index in [-0.39, 0.29) is 11.6 Å². The number of rotatable bonds is 2. The summed E-state index contributed by atoms with van der Waals surface area (Å²) in [5.41, 5.74) is 1.17. The smallest absolute Gasteiger partial charge is 0.198 e. The Labute approximate surface area is 127 Å². The number of hydrogen-bond acceptors (Lipinski definition) is 2. The van der Waals surface area contributed by atoms with E-state index >= 15 is 0 Å². The maximum Gasteiger partial charge on any atom is 0.198 e. The van der Waals surface area contributed by atoms with Gasteiger partial charge in [-0.15, -0.1) is 0 Å². The highest BCUT2D eigenvalue weighted by Crippen LogP contribution is 2.29. The van der Waals surface area contributed by atoms with Crippen LogP contribution in [0.2, 0.25) is 0 Å². The predicted molar refractivity (Wildman–Crippen MR) is 81.3 cm³/mol. The second kappa shape index (κ2) is 5.29. The molecule has 2 aromatic carbocycles. The fourth-order valence-electron chi connectivity index (χ4n) is 2.02. The summed E-state index contributed by atoms with van der Waals surface area (Å²) in [6, 6.07) is 8.57. The van der Waals surface area contributed by atoms with Crippen molar-refractivity contribution in [3.05, 3.63) is 58.1 Å². The number of H-pyrrole nitrogens is 1. The summed E-state index contributed by atoms with van der Waals surface area (Å²) in [7, 11) is 0. The average Bonchev–Trinajstić information content (AvgIpc) is 2.73. The molecule has 6 heteroatoms. The van der Waals surface area contributed by atoms with E-state index in [0.29, 0.717) is 5.56 Å². The summed E-state index contributed by atoms with van der Waals surface area (Å²) < 4.78 is 27.2. The Morgan fingerprint density at radius 1 is 1.14 bits per heavy atom. The number of halogens is 3. The van der Waals surface area contributed by atoms with Gasteiger partial charge in [0.15, 0.2) is 11.7 Å². The third-order valence-corrected chi connectivity index (χ3v) is 3.52. The van der Waals surface area contributed by atoms with E-state index in [4.69, 9.17) is 0 Å². The molecule has 3 aromatic rings. The first kappa shape index (κ1) is 13.8. The second-order valence-corrected chi connectivity index (χ2v) is 5.35. The monoisotopic (exact) mass is 350 g/mol. The molecule has 0 unspecified atom stereocenters. The minimum Gasteiger partial charge on any atom is -0.494 e. The van der Waals surface area contributed by atoms with E-state index in [1.807, 2.05) is 12.1 Å². The van der Waals surface area contributed by atoms with Gasteiger partial charge in [-0.25, -0.2) is 8.78 Å². The molecule has 0 radical (unpaired) electrons. The molecular formula is C15H9BrF2N2O. The van der Waals surface area contributed by atoms with Gasteiger partial charge in [0.2, 0.25) is 0 Å². The van der Waals surface area contributed by atoms with Gasteiger partial charge in [-0.3, -0.25) is 4.99 Å². The lowest BCUT2D eigenvalue weighted by Gasteiger charge is -1.97. The van der Waals surface area contributed by atoms with Gasteiger partial charge in [0, 0.05) is 27.7 Å². The topological polar surface area (TPSA) is 48.4 Å². The minimum absolute atomic E-state index is 0.000136. The van der Waals surface area contributed by atoms with Crippen molar-refractivity contribution in [1.29, 1.82) is 0 Å². The second-order valence-electron chi connectivity index (χ2n) is 4.43. The standard InChI is InChI=1S/C15H9BrF2N2O/c16-8-1-3-13-10(5-8)11(15(21)20-13)7-19-14-4-2-9(17)6-12(14)18/h1-7,20-21H. The SMILES string of the molecule is Oc1[nH]c2ccc(Br)cc2c1C=Nc1ccc(F)cc1F. The molecule has 1 heterocycles. The van der Waals surface area contributed by atoms with Crippen LogP contribution in [0.1, 0.15) is 5.56 Å². The van der Waals surface area contributed by atoms with E-state index < -0.39 is 11.6 Å². The van der Waals surface area contributed by atoms with Crippen molar-refractivity contribution in [3.63, 3.8) is 0 Å². The summed E-state index contributed by atoms with van der Waals surface area (Å²) >= 11 is 3.35. The van der Waals surface area contributed by atoms with E-state index in [0.717, 1.165) is 27.5 Å². The minimum atomic E-state index is -0.758. The Morgan fingerprint density at radius 3 is 2.71 bits per heavy atom. The molecule has 2 N–H and O–H groups in total. The molecule has 0 atom stereocenters. The van der Waals surface area contributed by atoms with Gasteiger partial charge in [0.05, 0.1) is 11.3 Å². The number of aromatic amines is 1. The van der Waals surface area contributed by atoms with Gasteiger partial charge in [-0.05, 0) is 30.3 Å². The van der Waals surface area contributed by atoms with Gasteiger partial charge in [-0.2, -0.15) is 0 Å². The maximum absolute atomic E-state index is 13.5. The van der Waals surface area contributed by atoms with E-state index in [1.54, 1.807) is 6.07 Å². The highest BCUT2D eigenvalue weighted by atomic mass is 79.9. The first-order chi connectivity index (χ1) is 10.0. The first-order valence-corrected chi connectivity index (χ1v) is 6.83. The third-order valence-electron chi connectivity index (χ3n) is 3.02. The number of benzene rings is 2. The van der Waals surface area contributed by atoms with Crippen LogP contribution >= 0.6 is 15.9 Å². The first-order valence-electron chi connectivity index (χ1n) is 6.04. The predicted octanol–water partition coefficient (Wildman–Crippen LogP) is 4.66. The van der Waals surface area contributed by atoms with Crippen molar-refractivity contribution in [1.82, 2.24) is 4.98 Å². The van der Waals surface area contributed by atoms with Gasteiger partial charge in [-0.1, -0.05) is 15.9 Å². The Hall–Kier alpha value is -2.21. The van der Waals surface area contributed by atoms with Crippen molar-refractivity contribution >= 4 is 38.7 Å². The highest BCUT2D eigenvalue weighted by molar-refractivity contribution is 9.10. The zero-order valence-corrected chi connectivity index (χ0v) is 12.2. The molecule has 3 nitrogen and oxygen atoms in total. The zero-order valence-electron chi connectivity index (χ0n) is 10.6. The number of nitrogens with zero attached hydrogens (tertiary/aromatic N) is 1. The van der Waals surface area contributed by atoms with Crippen molar-refractivity contribution in [2.45, 2.75) is 0 Å². The number of fused-ring (bicyclic) bond motifs is 1. The molecule has 106 valence electrons. The maximum atomic E-state index is 13.5. The van der Waals surface area contributed by atoms with Crippen LogP contribution in [0.5, 0.6) is 5.88 Å². The van der Waals surface area contributed by atoms with Crippen LogP contribution < -0.4 is 0 Å². The number of nitrogens with one attached hydrogen (secondary N) is 1. The number of aromatic hydroxyl groups is 1. The Morgan fingerprint density at radius 2 is 1.95 bits per heavy atom. The van der Waals surface area contributed by atoms with Crippen LogP contribution in [0.25, 0.3) is 10.9 Å². The van der Waals surface area contributed by atoms with Gasteiger partial charge in [0.1, 0.15) is 5.82 Å². The van der Waals surface area contributed by atoms with Crippen LogP contribution in [0.15, 0.2) is 45.9 Å². The summed E-state index contributed by atoms with van der Waals surface area (Å²) in [6.45, 7) is 0. The van der Waals surface area contributed by atoms with E-state index in [2.05, 4.69) is 25.9 Å². The molecular weight excluding hydrogens is 342 g/mol. The van der Waals surface area contributed by atoms with Crippen LogP contribution in [-0.2, 0) is 0 Å². The van der Waals surface area contributed by atoms with Crippen molar-refractivity contribution in [2.24, 2.45) is 4.99 Å². The molecule has 0 saturated carbocycles. The summed E-state index contributed by atoms with van der Waals surface area (Å²) in [4.78, 5) is 6.77. The Kier molecular flexibility index (Phi) is 3.47. The van der Waals surface area contributed by atoms with Crippen LogP contribution in [-0.4, -0.2) is 16.3 Å². The molecule has 0 aliphatic rings. The molecule has 3 rings (SSSR count). The van der Waals surface area contributed by atoms with E-state index in [1.165, 1.54) is 12.3 Å². The van der Waals surface area contributed by atoms with Gasteiger partial charge in [0.25, 0.3) is 0 Å². The van der Waals surface area contributed by atoms with E-state index in [9.17, 15) is 13.9 Å². The third kappa shape index (κ3) is 2.67. The zero-order chi connectivity index (χ0) is 15.0. The normalized spacial score (nSPS) is 11.6. The van der Waals surface area contributed by atoms with Crippen LogP contribution in [0, 0.1) is 11.6 Å². The molecule has 0 fully saturated rings. The number of aromatic nitrogens is 1. The molecule has 0 spiro atoms. The summed E-state index contributed by atoms with van der Waals surface area (Å²) in [5, 5.41) is 10.6. The van der Waals surface area contributed by atoms with Crippen LogP contribution in [0.4, 0.5) is 14.5 Å². The van der Waals surface area contributed by atoms with Crippen molar-refractivity contribution in [3.8, 4) is 5.88 Å². The number of aliphatic imine (C=N–C) groups is 1. The average molecular weight is 351 g/mol. The van der Waals surface area contributed by atoms with Gasteiger partial charge >= 0.3 is 0 Å². The molecule has 0 aliphatic heterocycles. The molecule has 0 saturated heterocycles. The molecule has 21 heavy (non-hydrogen) atoms. The molecule has 0 bridgehead atoms. The Bertz CT molecular complexity index is 858. The Balaban J connectivity index is 2.06. The van der Waals surface area contributed by atoms with Gasteiger partial charge < -0.3 is 10.1 Å². The molecule has 0 aliphatic carbocycles. The lowest BCUT2D eigenvalue weighted by atomic mass is 10.2. The lowest BCUT2D eigenvalue weighted by Crippen LogP contribution is -1.83. The van der Waals surface area contributed by atoms with Crippen LogP contribution in [0.3, 0.4) is 0 Å². The highest BCUT2D eigenvalue weighted by Gasteiger charge is 2.09. The molecule has 1 aromatic heterocycles. The lowest BCUT2D eigenvalue weighted by molar-refractivity contribution is 0.457. The molecule has 0 amide bonds. The summed E-state index contributed by atoms with van der Waals surface area (Å²) in [6.07, 6.45) is 1.34. The largest absolute Gasteiger partial charge is 0.494 e. The van der Waals surface area contributed by atoms with Crippen molar-refractivity contribution in [2.75, 3.05) is 0 Å². The van der Waals surface area contributed by atoms with Crippen molar-refractivity contribution < 1.29 is 13.9 Å². The fourth-order valence-corrected chi connectivity index (χ4v) is 2.38. The quantitative estimate of drug-likeness (QED) is 0.648. The fraction of sp³-hybridized carbons (Fsp3) is 0. The number of hydrogen-bond donors (Lipinski definition) is 2.